The number of hydrogen-bond acceptors (Lipinski definition) is 7. The SMILES string of the molecule is Cc1ncn(-c2ccc([N+](=O)[O-])cc2OCCCNC(=N)C2=C(/N=C/Cl)C(c3ccc(F)cc3F)CC2)n1. The van der Waals surface area contributed by atoms with Crippen LogP contribution in [0.5, 0.6) is 5.75 Å². The summed E-state index contributed by atoms with van der Waals surface area (Å²) in [6.07, 6.45) is 2.94. The van der Waals surface area contributed by atoms with Crippen molar-refractivity contribution in [2.45, 2.75) is 32.1 Å². The summed E-state index contributed by atoms with van der Waals surface area (Å²) in [5.74, 6) is -0.834. The number of rotatable bonds is 10. The number of non-ortho nitro benzene ring substituents is 1. The molecule has 0 aliphatic heterocycles. The van der Waals surface area contributed by atoms with E-state index in [1.165, 1.54) is 35.3 Å². The van der Waals surface area contributed by atoms with Gasteiger partial charge in [0.15, 0.2) is 5.75 Å². The molecule has 0 amide bonds. The van der Waals surface area contributed by atoms with Gasteiger partial charge in [0.05, 0.1) is 29.0 Å². The molecular weight excluding hydrogens is 520 g/mol. The summed E-state index contributed by atoms with van der Waals surface area (Å²) in [4.78, 5) is 19.0. The summed E-state index contributed by atoms with van der Waals surface area (Å²) in [6, 6.07) is 7.65. The molecule has 0 radical (unpaired) electrons. The number of nitro groups is 1. The Balaban J connectivity index is 1.39. The molecule has 0 fully saturated rings. The number of aromatic nitrogens is 3. The number of allylic oxidation sites excluding steroid dienone is 1. The molecule has 1 atom stereocenters. The maximum Gasteiger partial charge on any atom is 0.273 e. The Bertz CT molecular complexity index is 1420. The van der Waals surface area contributed by atoms with Gasteiger partial charge in [-0.2, -0.15) is 5.10 Å². The van der Waals surface area contributed by atoms with E-state index in [0.717, 1.165) is 11.7 Å². The van der Waals surface area contributed by atoms with Crippen molar-refractivity contribution in [3.8, 4) is 11.4 Å². The highest BCUT2D eigenvalue weighted by Gasteiger charge is 2.30. The molecule has 0 saturated carbocycles. The predicted molar refractivity (Wildman–Crippen MR) is 138 cm³/mol. The highest BCUT2D eigenvalue weighted by Crippen LogP contribution is 2.41. The van der Waals surface area contributed by atoms with Crippen LogP contribution in [0.3, 0.4) is 0 Å². The average Bonchev–Trinajstić information content (AvgIpc) is 3.50. The zero-order chi connectivity index (χ0) is 27.2. The fraction of sp³-hybridized carbons (Fsp3) is 0.280. The lowest BCUT2D eigenvalue weighted by molar-refractivity contribution is -0.384. The summed E-state index contributed by atoms with van der Waals surface area (Å²) < 4.78 is 35.1. The average molecular weight is 544 g/mol. The molecule has 1 unspecified atom stereocenters. The standard InChI is InChI=1S/C25H24ClF2N7O3/c1-15-32-14-34(33-15)22-8-4-17(35(36)37)12-23(22)38-10-2-9-30-25(29)20-7-6-19(24(20)31-13-26)18-5-3-16(27)11-21(18)28/h3-5,8,11-14,19H,2,6-7,9-10H2,1H3,(H2,29,30)/b31-13+. The number of nitrogens with zero attached hydrogens (tertiary/aromatic N) is 5. The molecule has 10 nitrogen and oxygen atoms in total. The van der Waals surface area contributed by atoms with Gasteiger partial charge in [-0.15, -0.1) is 0 Å². The van der Waals surface area contributed by atoms with Gasteiger partial charge in [0, 0.05) is 30.2 Å². The maximum absolute atomic E-state index is 14.4. The van der Waals surface area contributed by atoms with Gasteiger partial charge in [-0.05, 0) is 43.9 Å². The van der Waals surface area contributed by atoms with Crippen LogP contribution in [0.1, 0.15) is 36.6 Å². The predicted octanol–water partition coefficient (Wildman–Crippen LogP) is 5.20. The van der Waals surface area contributed by atoms with Gasteiger partial charge in [0.2, 0.25) is 0 Å². The molecule has 1 aromatic heterocycles. The maximum atomic E-state index is 14.4. The van der Waals surface area contributed by atoms with E-state index in [2.05, 4.69) is 20.4 Å². The highest BCUT2D eigenvalue weighted by molar-refractivity contribution is 6.56. The van der Waals surface area contributed by atoms with Gasteiger partial charge in [-0.3, -0.25) is 15.5 Å². The number of amidine groups is 1. The van der Waals surface area contributed by atoms with Gasteiger partial charge >= 0.3 is 0 Å². The van der Waals surface area contributed by atoms with Crippen molar-refractivity contribution in [3.63, 3.8) is 0 Å². The zero-order valence-electron chi connectivity index (χ0n) is 20.3. The lowest BCUT2D eigenvalue weighted by atomic mass is 9.96. The Kier molecular flexibility index (Phi) is 8.41. The molecule has 1 aliphatic carbocycles. The quantitative estimate of drug-likeness (QED) is 0.119. The fourth-order valence-corrected chi connectivity index (χ4v) is 4.39. The number of aliphatic imine (C=N–C) groups is 1. The highest BCUT2D eigenvalue weighted by atomic mass is 35.5. The van der Waals surface area contributed by atoms with Crippen LogP contribution < -0.4 is 10.1 Å². The minimum Gasteiger partial charge on any atom is -0.491 e. The van der Waals surface area contributed by atoms with Crippen molar-refractivity contribution in [1.82, 2.24) is 20.1 Å². The molecule has 4 rings (SSSR count). The number of hydrogen-bond donors (Lipinski definition) is 2. The molecule has 13 heteroatoms. The number of aryl methyl sites for hydroxylation is 1. The summed E-state index contributed by atoms with van der Waals surface area (Å²) >= 11 is 5.72. The minimum absolute atomic E-state index is 0.117. The molecule has 1 heterocycles. The number of halogens is 3. The second-order valence-electron chi connectivity index (χ2n) is 8.50. The molecule has 2 aromatic carbocycles. The van der Waals surface area contributed by atoms with E-state index in [1.807, 2.05) is 0 Å². The topological polar surface area (TPSA) is 131 Å². The smallest absolute Gasteiger partial charge is 0.273 e. The lowest BCUT2D eigenvalue weighted by Gasteiger charge is -2.14. The Morgan fingerprint density at radius 1 is 1.37 bits per heavy atom. The van der Waals surface area contributed by atoms with Crippen molar-refractivity contribution >= 4 is 28.8 Å². The van der Waals surface area contributed by atoms with Gasteiger partial charge < -0.3 is 10.1 Å². The Morgan fingerprint density at radius 3 is 2.87 bits per heavy atom. The van der Waals surface area contributed by atoms with E-state index < -0.39 is 22.5 Å². The van der Waals surface area contributed by atoms with E-state index in [-0.39, 0.29) is 23.9 Å². The van der Waals surface area contributed by atoms with Crippen LogP contribution in [-0.4, -0.2) is 44.3 Å². The molecule has 0 saturated heterocycles. The third-order valence-electron chi connectivity index (χ3n) is 6.04. The van der Waals surface area contributed by atoms with Crippen molar-refractivity contribution < 1.29 is 18.4 Å². The van der Waals surface area contributed by atoms with Crippen LogP contribution in [0.4, 0.5) is 14.5 Å². The fourth-order valence-electron chi connectivity index (χ4n) is 4.28. The molecule has 0 bridgehead atoms. The number of nitrogens with one attached hydrogen (secondary N) is 2. The van der Waals surface area contributed by atoms with Gasteiger partial charge in [0.25, 0.3) is 5.69 Å². The Hall–Kier alpha value is -4.19. The summed E-state index contributed by atoms with van der Waals surface area (Å²) in [7, 11) is 0. The van der Waals surface area contributed by atoms with Crippen LogP contribution in [0.25, 0.3) is 5.69 Å². The van der Waals surface area contributed by atoms with E-state index in [0.29, 0.717) is 54.2 Å². The molecule has 2 N–H and O–H groups in total. The van der Waals surface area contributed by atoms with Crippen LogP contribution in [-0.2, 0) is 0 Å². The summed E-state index contributed by atoms with van der Waals surface area (Å²) in [5, 5.41) is 27.0. The first-order chi connectivity index (χ1) is 18.3. The Labute approximate surface area is 221 Å². The number of benzene rings is 2. The lowest BCUT2D eigenvalue weighted by Crippen LogP contribution is -2.26. The first-order valence-corrected chi connectivity index (χ1v) is 12.2. The minimum atomic E-state index is -0.670. The third-order valence-corrected chi connectivity index (χ3v) is 6.14. The normalized spacial score (nSPS) is 15.3. The molecule has 0 spiro atoms. The largest absolute Gasteiger partial charge is 0.491 e. The van der Waals surface area contributed by atoms with Crippen molar-refractivity contribution in [2.75, 3.05) is 13.2 Å². The van der Waals surface area contributed by atoms with Crippen molar-refractivity contribution in [2.24, 2.45) is 4.99 Å². The van der Waals surface area contributed by atoms with E-state index >= 15 is 0 Å². The summed E-state index contributed by atoms with van der Waals surface area (Å²) in [6.45, 7) is 2.30. The van der Waals surface area contributed by atoms with Gasteiger partial charge in [-0.1, -0.05) is 17.7 Å². The number of nitro benzene ring substituents is 1. The number of ether oxygens (including phenoxy) is 1. The van der Waals surface area contributed by atoms with E-state index in [9.17, 15) is 18.9 Å². The summed E-state index contributed by atoms with van der Waals surface area (Å²) in [5.41, 5.74) is 2.82. The van der Waals surface area contributed by atoms with Crippen molar-refractivity contribution in [1.29, 1.82) is 5.41 Å². The zero-order valence-corrected chi connectivity index (χ0v) is 21.1. The second-order valence-corrected chi connectivity index (χ2v) is 8.69. The Morgan fingerprint density at radius 2 is 2.18 bits per heavy atom. The molecular formula is C25H24ClF2N7O3. The molecule has 38 heavy (non-hydrogen) atoms. The first kappa shape index (κ1) is 26.9. The third kappa shape index (κ3) is 6.02. The van der Waals surface area contributed by atoms with Crippen LogP contribution in [0.2, 0.25) is 0 Å². The molecule has 198 valence electrons. The van der Waals surface area contributed by atoms with Crippen LogP contribution in [0.15, 0.2) is 59.0 Å². The monoisotopic (exact) mass is 543 g/mol. The molecule has 3 aromatic rings. The first-order valence-electron chi connectivity index (χ1n) is 11.7. The van der Waals surface area contributed by atoms with Crippen LogP contribution in [0, 0.1) is 34.1 Å². The van der Waals surface area contributed by atoms with Gasteiger partial charge in [-0.25, -0.2) is 23.4 Å². The second kappa shape index (κ2) is 11.9. The molecule has 1 aliphatic rings. The van der Waals surface area contributed by atoms with Crippen molar-refractivity contribution in [3.05, 3.63) is 87.1 Å². The van der Waals surface area contributed by atoms with Gasteiger partial charge in [0.1, 0.15) is 35.3 Å². The van der Waals surface area contributed by atoms with Crippen LogP contribution >= 0.6 is 11.6 Å². The van der Waals surface area contributed by atoms with E-state index in [4.69, 9.17) is 21.7 Å². The van der Waals surface area contributed by atoms with E-state index in [1.54, 1.807) is 13.0 Å².